The van der Waals surface area contributed by atoms with Gasteiger partial charge >= 0.3 is 0 Å². The fourth-order valence-corrected chi connectivity index (χ4v) is 2.96. The molecule has 1 aliphatic carbocycles. The second-order valence-electron chi connectivity index (χ2n) is 4.32. The molecule has 1 fully saturated rings. The molecule has 13 heavy (non-hydrogen) atoms. The first-order valence-electron chi connectivity index (χ1n) is 4.93. The maximum Gasteiger partial charge on any atom is 0.0656 e. The summed E-state index contributed by atoms with van der Waals surface area (Å²) in [6.07, 6.45) is 3.98. The lowest BCUT2D eigenvalue weighted by molar-refractivity contribution is -0.0731. The van der Waals surface area contributed by atoms with Crippen molar-refractivity contribution in [3.63, 3.8) is 0 Å². The molecule has 0 saturated heterocycles. The van der Waals surface area contributed by atoms with Crippen LogP contribution in [0.1, 0.15) is 31.1 Å². The standard InChI is InChI=1S/C11H16OS/c1-9-7-11(12,8-9)5-4-10-3-2-6-13-10/h2-3,6,9,12H,4-5,7-8H2,1H3. The highest BCUT2D eigenvalue weighted by atomic mass is 32.1. The van der Waals surface area contributed by atoms with Crippen molar-refractivity contribution in [2.75, 3.05) is 0 Å². The van der Waals surface area contributed by atoms with Crippen molar-refractivity contribution in [2.24, 2.45) is 5.92 Å². The van der Waals surface area contributed by atoms with Gasteiger partial charge in [0.2, 0.25) is 0 Å². The number of thiophene rings is 1. The average molecular weight is 196 g/mol. The number of hydrogen-bond donors (Lipinski definition) is 1. The fourth-order valence-electron chi connectivity index (χ4n) is 2.25. The maximum absolute atomic E-state index is 9.98. The number of hydrogen-bond acceptors (Lipinski definition) is 2. The van der Waals surface area contributed by atoms with Crippen molar-refractivity contribution in [2.45, 2.75) is 38.2 Å². The maximum atomic E-state index is 9.98. The van der Waals surface area contributed by atoms with Crippen LogP contribution in [-0.2, 0) is 6.42 Å². The summed E-state index contributed by atoms with van der Waals surface area (Å²) >= 11 is 1.79. The molecule has 2 rings (SSSR count). The Bertz CT molecular complexity index is 260. The van der Waals surface area contributed by atoms with Crippen molar-refractivity contribution >= 4 is 11.3 Å². The zero-order valence-corrected chi connectivity index (χ0v) is 8.81. The highest BCUT2D eigenvalue weighted by Crippen LogP contribution is 2.40. The largest absolute Gasteiger partial charge is 0.390 e. The van der Waals surface area contributed by atoms with Crippen LogP contribution in [0, 0.1) is 5.92 Å². The molecule has 1 aromatic heterocycles. The summed E-state index contributed by atoms with van der Waals surface area (Å²) in [6.45, 7) is 2.21. The highest BCUT2D eigenvalue weighted by molar-refractivity contribution is 7.09. The fraction of sp³-hybridized carbons (Fsp3) is 0.636. The lowest BCUT2D eigenvalue weighted by atomic mass is 9.70. The summed E-state index contributed by atoms with van der Waals surface area (Å²) in [7, 11) is 0. The van der Waals surface area contributed by atoms with E-state index in [1.165, 1.54) is 4.88 Å². The van der Waals surface area contributed by atoms with E-state index in [0.717, 1.165) is 31.6 Å². The minimum absolute atomic E-state index is 0.330. The van der Waals surface area contributed by atoms with E-state index in [-0.39, 0.29) is 5.60 Å². The Morgan fingerprint density at radius 1 is 1.62 bits per heavy atom. The summed E-state index contributed by atoms with van der Waals surface area (Å²) in [5.74, 6) is 0.730. The Morgan fingerprint density at radius 2 is 2.38 bits per heavy atom. The smallest absolute Gasteiger partial charge is 0.0656 e. The summed E-state index contributed by atoms with van der Waals surface area (Å²) in [5, 5.41) is 12.1. The van der Waals surface area contributed by atoms with Crippen LogP contribution in [0.5, 0.6) is 0 Å². The van der Waals surface area contributed by atoms with E-state index < -0.39 is 0 Å². The molecular formula is C11H16OS. The Balaban J connectivity index is 1.80. The van der Waals surface area contributed by atoms with Gasteiger partial charge in [0.25, 0.3) is 0 Å². The molecule has 0 amide bonds. The van der Waals surface area contributed by atoms with Crippen molar-refractivity contribution < 1.29 is 5.11 Å². The molecule has 2 heteroatoms. The average Bonchev–Trinajstić information content (AvgIpc) is 2.50. The van der Waals surface area contributed by atoms with Crippen LogP contribution in [0.25, 0.3) is 0 Å². The second-order valence-corrected chi connectivity index (χ2v) is 5.35. The van der Waals surface area contributed by atoms with Gasteiger partial charge in [-0.15, -0.1) is 11.3 Å². The molecule has 1 aromatic rings. The summed E-state index contributed by atoms with van der Waals surface area (Å²) in [6, 6.07) is 4.23. The zero-order valence-electron chi connectivity index (χ0n) is 7.99. The van der Waals surface area contributed by atoms with Gasteiger partial charge in [0, 0.05) is 4.88 Å². The molecule has 72 valence electrons. The van der Waals surface area contributed by atoms with E-state index in [9.17, 15) is 5.11 Å². The molecule has 1 heterocycles. The molecule has 0 aromatic carbocycles. The molecule has 0 aliphatic heterocycles. The van der Waals surface area contributed by atoms with Gasteiger partial charge in [-0.05, 0) is 43.0 Å². The van der Waals surface area contributed by atoms with Gasteiger partial charge in [-0.25, -0.2) is 0 Å². The van der Waals surface area contributed by atoms with Crippen molar-refractivity contribution in [1.82, 2.24) is 0 Å². The summed E-state index contributed by atoms with van der Waals surface area (Å²) in [5.41, 5.74) is -0.330. The molecule has 0 spiro atoms. The van der Waals surface area contributed by atoms with Crippen LogP contribution in [0.15, 0.2) is 17.5 Å². The first kappa shape index (κ1) is 9.22. The predicted molar refractivity (Wildman–Crippen MR) is 56.0 cm³/mol. The SMILES string of the molecule is CC1CC(O)(CCc2cccs2)C1. The van der Waals surface area contributed by atoms with Gasteiger partial charge in [0.15, 0.2) is 0 Å². The van der Waals surface area contributed by atoms with E-state index in [1.54, 1.807) is 11.3 Å². The van der Waals surface area contributed by atoms with Crippen molar-refractivity contribution in [1.29, 1.82) is 0 Å². The minimum atomic E-state index is -0.330. The first-order chi connectivity index (χ1) is 6.18. The Morgan fingerprint density at radius 3 is 2.92 bits per heavy atom. The van der Waals surface area contributed by atoms with Crippen LogP contribution in [0.3, 0.4) is 0 Å². The zero-order chi connectivity index (χ0) is 9.31. The molecular weight excluding hydrogens is 180 g/mol. The molecule has 0 bridgehead atoms. The van der Waals surface area contributed by atoms with Gasteiger partial charge in [0.1, 0.15) is 0 Å². The number of aryl methyl sites for hydroxylation is 1. The van der Waals surface area contributed by atoms with Gasteiger partial charge in [-0.1, -0.05) is 13.0 Å². The van der Waals surface area contributed by atoms with Gasteiger partial charge in [-0.3, -0.25) is 0 Å². The predicted octanol–water partition coefficient (Wildman–Crippen LogP) is 2.84. The van der Waals surface area contributed by atoms with Crippen LogP contribution in [-0.4, -0.2) is 10.7 Å². The van der Waals surface area contributed by atoms with E-state index in [0.29, 0.717) is 0 Å². The third-order valence-electron chi connectivity index (χ3n) is 2.87. The monoisotopic (exact) mass is 196 g/mol. The third kappa shape index (κ3) is 2.12. The van der Waals surface area contributed by atoms with Crippen molar-refractivity contribution in [3.8, 4) is 0 Å². The van der Waals surface area contributed by atoms with E-state index in [4.69, 9.17) is 0 Å². The molecule has 0 radical (unpaired) electrons. The van der Waals surface area contributed by atoms with Crippen LogP contribution >= 0.6 is 11.3 Å². The van der Waals surface area contributed by atoms with E-state index in [1.807, 2.05) is 0 Å². The molecule has 1 aliphatic rings. The highest BCUT2D eigenvalue weighted by Gasteiger charge is 2.39. The Labute approximate surface area is 83.4 Å². The quantitative estimate of drug-likeness (QED) is 0.788. The number of aliphatic hydroxyl groups is 1. The minimum Gasteiger partial charge on any atom is -0.390 e. The van der Waals surface area contributed by atoms with E-state index >= 15 is 0 Å². The third-order valence-corrected chi connectivity index (χ3v) is 3.81. The first-order valence-corrected chi connectivity index (χ1v) is 5.81. The molecule has 0 atom stereocenters. The number of rotatable bonds is 3. The lowest BCUT2D eigenvalue weighted by Crippen LogP contribution is -2.42. The van der Waals surface area contributed by atoms with Crippen molar-refractivity contribution in [3.05, 3.63) is 22.4 Å². The van der Waals surface area contributed by atoms with E-state index in [2.05, 4.69) is 24.4 Å². The lowest BCUT2D eigenvalue weighted by Gasteiger charge is -2.42. The second kappa shape index (κ2) is 3.43. The molecule has 1 N–H and O–H groups in total. The Hall–Kier alpha value is -0.340. The summed E-state index contributed by atoms with van der Waals surface area (Å²) in [4.78, 5) is 1.40. The van der Waals surface area contributed by atoms with Crippen LogP contribution in [0.2, 0.25) is 0 Å². The summed E-state index contributed by atoms with van der Waals surface area (Å²) < 4.78 is 0. The topological polar surface area (TPSA) is 20.2 Å². The van der Waals surface area contributed by atoms with Crippen LogP contribution in [0.4, 0.5) is 0 Å². The van der Waals surface area contributed by atoms with Gasteiger partial charge in [0.05, 0.1) is 5.60 Å². The van der Waals surface area contributed by atoms with Gasteiger partial charge in [-0.2, -0.15) is 0 Å². The molecule has 0 unspecified atom stereocenters. The normalized spacial score (nSPS) is 32.9. The van der Waals surface area contributed by atoms with Crippen LogP contribution < -0.4 is 0 Å². The molecule has 1 saturated carbocycles. The molecule has 1 nitrogen and oxygen atoms in total. The van der Waals surface area contributed by atoms with Gasteiger partial charge < -0.3 is 5.11 Å². The Kier molecular flexibility index (Phi) is 2.43.